The molecule has 0 saturated heterocycles. The average molecular weight is 300 g/mol. The number of aryl methyl sites for hydroxylation is 2. The second kappa shape index (κ2) is 5.15. The van der Waals surface area contributed by atoms with Crippen molar-refractivity contribution in [3.63, 3.8) is 0 Å². The third-order valence-corrected chi connectivity index (χ3v) is 4.82. The van der Waals surface area contributed by atoms with Gasteiger partial charge in [-0.1, -0.05) is 0 Å². The molecule has 0 aliphatic carbocycles. The molecule has 2 N–H and O–H groups in total. The van der Waals surface area contributed by atoms with Gasteiger partial charge in [0, 0.05) is 11.7 Å². The van der Waals surface area contributed by atoms with Gasteiger partial charge in [-0.05, 0) is 62.1 Å². The summed E-state index contributed by atoms with van der Waals surface area (Å²) in [5.74, 6) is 1.31. The summed E-state index contributed by atoms with van der Waals surface area (Å²) in [6, 6.07) is 2.52. The predicted molar refractivity (Wildman–Crippen MR) is 88.9 cm³/mol. The molecule has 3 rings (SSSR count). The van der Waals surface area contributed by atoms with Gasteiger partial charge in [0.15, 0.2) is 0 Å². The maximum Gasteiger partial charge on any atom is 0.146 e. The Morgan fingerprint density at radius 3 is 2.71 bits per heavy atom. The van der Waals surface area contributed by atoms with Crippen LogP contribution in [0.2, 0.25) is 0 Å². The lowest BCUT2D eigenvalue weighted by Crippen LogP contribution is -2.11. The standard InChI is InChI=1S/C16H20N4S/c1-9(7-13-5-6-21-8-13)20-11(3)10(2)14-15(17)18-12(4)19-16(14)20/h5-6,8-9H,7H2,1-4H3,(H2,17,18,19). The molecule has 4 nitrogen and oxygen atoms in total. The number of aromatic nitrogens is 3. The van der Waals surface area contributed by atoms with E-state index in [0.717, 1.165) is 23.3 Å². The van der Waals surface area contributed by atoms with Crippen LogP contribution in [0.1, 0.15) is 35.6 Å². The second-order valence-corrected chi connectivity index (χ2v) is 6.40. The number of fused-ring (bicyclic) bond motifs is 1. The third-order valence-electron chi connectivity index (χ3n) is 4.09. The summed E-state index contributed by atoms with van der Waals surface area (Å²) in [5, 5.41) is 5.33. The molecule has 110 valence electrons. The molecule has 0 aliphatic heterocycles. The largest absolute Gasteiger partial charge is 0.383 e. The number of anilines is 1. The first-order valence-corrected chi connectivity index (χ1v) is 8.05. The zero-order chi connectivity index (χ0) is 15.1. The Morgan fingerprint density at radius 2 is 2.05 bits per heavy atom. The van der Waals surface area contributed by atoms with Crippen LogP contribution in [-0.2, 0) is 6.42 Å². The van der Waals surface area contributed by atoms with Crippen LogP contribution >= 0.6 is 11.3 Å². The highest BCUT2D eigenvalue weighted by atomic mass is 32.1. The fraction of sp³-hybridized carbons (Fsp3) is 0.375. The van der Waals surface area contributed by atoms with Crippen molar-refractivity contribution in [2.24, 2.45) is 0 Å². The van der Waals surface area contributed by atoms with Crippen LogP contribution in [0.15, 0.2) is 16.8 Å². The smallest absolute Gasteiger partial charge is 0.146 e. The number of nitrogens with two attached hydrogens (primary N) is 1. The van der Waals surface area contributed by atoms with Crippen LogP contribution in [0.5, 0.6) is 0 Å². The average Bonchev–Trinajstić information content (AvgIpc) is 2.97. The van der Waals surface area contributed by atoms with Gasteiger partial charge >= 0.3 is 0 Å². The number of hydrogen-bond acceptors (Lipinski definition) is 4. The minimum atomic E-state index is 0.337. The van der Waals surface area contributed by atoms with Gasteiger partial charge in [0.05, 0.1) is 5.39 Å². The van der Waals surface area contributed by atoms with E-state index >= 15 is 0 Å². The van der Waals surface area contributed by atoms with E-state index in [-0.39, 0.29) is 0 Å². The molecule has 3 heterocycles. The topological polar surface area (TPSA) is 56.7 Å². The van der Waals surface area contributed by atoms with Crippen molar-refractivity contribution in [1.29, 1.82) is 0 Å². The van der Waals surface area contributed by atoms with Crippen molar-refractivity contribution in [3.8, 4) is 0 Å². The Bertz CT molecular complexity index is 787. The van der Waals surface area contributed by atoms with Gasteiger partial charge in [0.25, 0.3) is 0 Å². The highest BCUT2D eigenvalue weighted by Crippen LogP contribution is 2.31. The Kier molecular flexibility index (Phi) is 3.45. The predicted octanol–water partition coefficient (Wildman–Crippen LogP) is 3.80. The zero-order valence-electron chi connectivity index (χ0n) is 12.8. The van der Waals surface area contributed by atoms with E-state index in [1.54, 1.807) is 11.3 Å². The summed E-state index contributed by atoms with van der Waals surface area (Å²) in [7, 11) is 0. The lowest BCUT2D eigenvalue weighted by molar-refractivity contribution is 0.547. The molecule has 0 aromatic carbocycles. The molecular weight excluding hydrogens is 280 g/mol. The van der Waals surface area contributed by atoms with E-state index in [9.17, 15) is 0 Å². The molecule has 0 fully saturated rings. The number of nitrogen functional groups attached to an aromatic ring is 1. The summed E-state index contributed by atoms with van der Waals surface area (Å²) < 4.78 is 2.30. The molecule has 0 saturated carbocycles. The summed E-state index contributed by atoms with van der Waals surface area (Å²) in [6.45, 7) is 8.36. The number of rotatable bonds is 3. The maximum atomic E-state index is 6.11. The molecule has 5 heteroatoms. The molecule has 0 radical (unpaired) electrons. The number of hydrogen-bond donors (Lipinski definition) is 1. The maximum absolute atomic E-state index is 6.11. The van der Waals surface area contributed by atoms with Gasteiger partial charge in [0.2, 0.25) is 0 Å². The number of nitrogens with zero attached hydrogens (tertiary/aromatic N) is 3. The van der Waals surface area contributed by atoms with Crippen molar-refractivity contribution in [2.45, 2.75) is 40.2 Å². The fourth-order valence-electron chi connectivity index (χ4n) is 3.01. The van der Waals surface area contributed by atoms with Crippen LogP contribution < -0.4 is 5.73 Å². The molecule has 0 bridgehead atoms. The van der Waals surface area contributed by atoms with E-state index in [1.807, 2.05) is 6.92 Å². The third kappa shape index (κ3) is 2.31. The van der Waals surface area contributed by atoms with Gasteiger partial charge in [-0.3, -0.25) is 0 Å². The summed E-state index contributed by atoms with van der Waals surface area (Å²) in [4.78, 5) is 8.95. The number of thiophene rings is 1. The van der Waals surface area contributed by atoms with Crippen LogP contribution in [0, 0.1) is 20.8 Å². The molecular formula is C16H20N4S. The Morgan fingerprint density at radius 1 is 1.29 bits per heavy atom. The molecule has 0 spiro atoms. The minimum absolute atomic E-state index is 0.337. The molecule has 0 aliphatic rings. The first kappa shape index (κ1) is 14.1. The first-order valence-electron chi connectivity index (χ1n) is 7.11. The molecule has 1 atom stereocenters. The Hall–Kier alpha value is -1.88. The van der Waals surface area contributed by atoms with E-state index in [0.29, 0.717) is 11.9 Å². The lowest BCUT2D eigenvalue weighted by atomic mass is 10.1. The van der Waals surface area contributed by atoms with Gasteiger partial charge < -0.3 is 10.3 Å². The Labute approximate surface area is 128 Å². The van der Waals surface area contributed by atoms with Crippen LogP contribution in [0.3, 0.4) is 0 Å². The summed E-state index contributed by atoms with van der Waals surface area (Å²) in [6.07, 6.45) is 0.997. The minimum Gasteiger partial charge on any atom is -0.383 e. The molecule has 3 aromatic heterocycles. The van der Waals surface area contributed by atoms with Crippen LogP contribution in [-0.4, -0.2) is 14.5 Å². The lowest BCUT2D eigenvalue weighted by Gasteiger charge is -2.17. The zero-order valence-corrected chi connectivity index (χ0v) is 13.7. The van der Waals surface area contributed by atoms with E-state index < -0.39 is 0 Å². The van der Waals surface area contributed by atoms with Gasteiger partial charge in [-0.2, -0.15) is 11.3 Å². The van der Waals surface area contributed by atoms with Crippen molar-refractivity contribution in [1.82, 2.24) is 14.5 Å². The second-order valence-electron chi connectivity index (χ2n) is 5.62. The van der Waals surface area contributed by atoms with E-state index in [4.69, 9.17) is 5.73 Å². The van der Waals surface area contributed by atoms with Crippen molar-refractivity contribution < 1.29 is 0 Å². The summed E-state index contributed by atoms with van der Waals surface area (Å²) >= 11 is 1.74. The molecule has 21 heavy (non-hydrogen) atoms. The van der Waals surface area contributed by atoms with E-state index in [2.05, 4.69) is 52.1 Å². The van der Waals surface area contributed by atoms with E-state index in [1.165, 1.54) is 16.8 Å². The van der Waals surface area contributed by atoms with Gasteiger partial charge in [-0.15, -0.1) is 0 Å². The van der Waals surface area contributed by atoms with Gasteiger partial charge in [-0.25, -0.2) is 9.97 Å². The quantitative estimate of drug-likeness (QED) is 0.800. The molecule has 1 unspecified atom stereocenters. The van der Waals surface area contributed by atoms with Crippen LogP contribution in [0.25, 0.3) is 11.0 Å². The Balaban J connectivity index is 2.15. The SMILES string of the molecule is Cc1nc(N)c2c(C)c(C)n(C(C)Cc3ccsc3)c2n1. The van der Waals surface area contributed by atoms with Crippen molar-refractivity contribution >= 4 is 28.2 Å². The van der Waals surface area contributed by atoms with Gasteiger partial charge in [0.1, 0.15) is 17.3 Å². The summed E-state index contributed by atoms with van der Waals surface area (Å²) in [5.41, 5.74) is 10.8. The molecule has 0 amide bonds. The normalized spacial score (nSPS) is 13.0. The van der Waals surface area contributed by atoms with Crippen LogP contribution in [0.4, 0.5) is 5.82 Å². The monoisotopic (exact) mass is 300 g/mol. The highest BCUT2D eigenvalue weighted by molar-refractivity contribution is 7.07. The van der Waals surface area contributed by atoms with Crippen molar-refractivity contribution in [3.05, 3.63) is 39.5 Å². The van der Waals surface area contributed by atoms with Crippen molar-refractivity contribution in [2.75, 3.05) is 5.73 Å². The fourth-order valence-corrected chi connectivity index (χ4v) is 3.70. The highest BCUT2D eigenvalue weighted by Gasteiger charge is 2.19. The first-order chi connectivity index (χ1) is 9.99. The molecule has 3 aromatic rings.